The zero-order chi connectivity index (χ0) is 10.8. The summed E-state index contributed by atoms with van der Waals surface area (Å²) in [6.45, 7) is 9.41. The number of rotatable bonds is 2. The zero-order valence-electron chi connectivity index (χ0n) is 9.66. The molecule has 1 aliphatic rings. The van der Waals surface area contributed by atoms with E-state index in [-0.39, 0.29) is 0 Å². The summed E-state index contributed by atoms with van der Waals surface area (Å²) in [6.07, 6.45) is 0. The van der Waals surface area contributed by atoms with Gasteiger partial charge in [-0.1, -0.05) is 5.16 Å². The van der Waals surface area contributed by atoms with E-state index in [1.165, 1.54) is 0 Å². The molecule has 0 amide bonds. The molecule has 84 valence electrons. The molecule has 0 saturated carbocycles. The van der Waals surface area contributed by atoms with E-state index in [9.17, 15) is 0 Å². The van der Waals surface area contributed by atoms with Gasteiger partial charge in [0.1, 0.15) is 0 Å². The molecule has 2 unspecified atom stereocenters. The molecule has 1 aromatic rings. The number of piperazine rings is 1. The lowest BCUT2D eigenvalue weighted by Crippen LogP contribution is -2.53. The Hall–Kier alpha value is -0.870. The van der Waals surface area contributed by atoms with Crippen molar-refractivity contribution in [2.45, 2.75) is 39.4 Å². The van der Waals surface area contributed by atoms with E-state index in [1.807, 2.05) is 13.0 Å². The molecule has 1 saturated heterocycles. The number of aryl methyl sites for hydroxylation is 1. The average molecular weight is 209 g/mol. The van der Waals surface area contributed by atoms with Crippen LogP contribution < -0.4 is 5.32 Å². The van der Waals surface area contributed by atoms with Gasteiger partial charge < -0.3 is 9.84 Å². The van der Waals surface area contributed by atoms with Crippen molar-refractivity contribution in [3.63, 3.8) is 0 Å². The Morgan fingerprint density at radius 2 is 2.13 bits per heavy atom. The lowest BCUT2D eigenvalue weighted by molar-refractivity contribution is 0.152. The number of hydrogen-bond donors (Lipinski definition) is 1. The first-order valence-electron chi connectivity index (χ1n) is 5.54. The molecule has 1 fully saturated rings. The lowest BCUT2D eigenvalue weighted by atomic mass is 10.1. The van der Waals surface area contributed by atoms with Crippen LogP contribution in [0.1, 0.15) is 25.3 Å². The molecule has 0 aromatic carbocycles. The number of hydrogen-bond acceptors (Lipinski definition) is 4. The van der Waals surface area contributed by atoms with Crippen LogP contribution in [-0.4, -0.2) is 35.2 Å². The van der Waals surface area contributed by atoms with E-state index in [0.29, 0.717) is 12.1 Å². The van der Waals surface area contributed by atoms with Crippen molar-refractivity contribution in [2.75, 3.05) is 13.1 Å². The zero-order valence-corrected chi connectivity index (χ0v) is 9.66. The van der Waals surface area contributed by atoms with Gasteiger partial charge in [-0.15, -0.1) is 0 Å². The van der Waals surface area contributed by atoms with Crippen LogP contribution in [0.2, 0.25) is 0 Å². The Kier molecular flexibility index (Phi) is 3.07. The van der Waals surface area contributed by atoms with E-state index < -0.39 is 0 Å². The van der Waals surface area contributed by atoms with Gasteiger partial charge in [0, 0.05) is 31.2 Å². The monoisotopic (exact) mass is 209 g/mol. The Labute approximate surface area is 90.6 Å². The highest BCUT2D eigenvalue weighted by molar-refractivity contribution is 5.03. The topological polar surface area (TPSA) is 41.3 Å². The van der Waals surface area contributed by atoms with Crippen LogP contribution in [0.4, 0.5) is 0 Å². The Balaban J connectivity index is 1.94. The summed E-state index contributed by atoms with van der Waals surface area (Å²) in [4.78, 5) is 2.41. The normalized spacial score (nSPS) is 28.2. The molecule has 2 rings (SSSR count). The highest BCUT2D eigenvalue weighted by Gasteiger charge is 2.21. The standard InChI is InChI=1S/C11H19N3O/c1-8-4-11(15-13-8)7-14-5-9(2)12-10(3)6-14/h4,9-10,12H,5-7H2,1-3H3. The second kappa shape index (κ2) is 4.33. The molecule has 0 bridgehead atoms. The Bertz CT molecular complexity index is 313. The number of nitrogens with one attached hydrogen (secondary N) is 1. The van der Waals surface area contributed by atoms with Crippen LogP contribution in [0, 0.1) is 6.92 Å². The van der Waals surface area contributed by atoms with Gasteiger partial charge in [0.25, 0.3) is 0 Å². The quantitative estimate of drug-likeness (QED) is 0.793. The first-order chi connectivity index (χ1) is 7.13. The summed E-state index contributed by atoms with van der Waals surface area (Å²) < 4.78 is 5.23. The van der Waals surface area contributed by atoms with Gasteiger partial charge in [0.15, 0.2) is 5.76 Å². The smallest absolute Gasteiger partial charge is 0.150 e. The third kappa shape index (κ3) is 2.79. The lowest BCUT2D eigenvalue weighted by Gasteiger charge is -2.35. The van der Waals surface area contributed by atoms with Crippen molar-refractivity contribution in [2.24, 2.45) is 0 Å². The third-order valence-corrected chi connectivity index (χ3v) is 2.69. The van der Waals surface area contributed by atoms with Crippen molar-refractivity contribution in [1.29, 1.82) is 0 Å². The van der Waals surface area contributed by atoms with E-state index >= 15 is 0 Å². The number of nitrogens with zero attached hydrogens (tertiary/aromatic N) is 2. The van der Waals surface area contributed by atoms with Crippen molar-refractivity contribution in [3.05, 3.63) is 17.5 Å². The largest absolute Gasteiger partial charge is 0.360 e. The van der Waals surface area contributed by atoms with Crippen molar-refractivity contribution in [1.82, 2.24) is 15.4 Å². The molecule has 4 heteroatoms. The van der Waals surface area contributed by atoms with Gasteiger partial charge in [0.2, 0.25) is 0 Å². The third-order valence-electron chi connectivity index (χ3n) is 2.69. The summed E-state index contributed by atoms with van der Waals surface area (Å²) in [5.41, 5.74) is 0.959. The number of aromatic nitrogens is 1. The van der Waals surface area contributed by atoms with Gasteiger partial charge in [-0.05, 0) is 20.8 Å². The highest BCUT2D eigenvalue weighted by atomic mass is 16.5. The van der Waals surface area contributed by atoms with Crippen LogP contribution in [0.25, 0.3) is 0 Å². The highest BCUT2D eigenvalue weighted by Crippen LogP contribution is 2.10. The minimum Gasteiger partial charge on any atom is -0.360 e. The van der Waals surface area contributed by atoms with Crippen LogP contribution >= 0.6 is 0 Å². The summed E-state index contributed by atoms with van der Waals surface area (Å²) in [5.74, 6) is 0.966. The van der Waals surface area contributed by atoms with Crippen LogP contribution in [0.3, 0.4) is 0 Å². The average Bonchev–Trinajstić information content (AvgIpc) is 2.49. The van der Waals surface area contributed by atoms with Crippen LogP contribution in [0.15, 0.2) is 10.6 Å². The molecule has 2 heterocycles. The summed E-state index contributed by atoms with van der Waals surface area (Å²) >= 11 is 0. The van der Waals surface area contributed by atoms with Gasteiger partial charge in [-0.25, -0.2) is 0 Å². The summed E-state index contributed by atoms with van der Waals surface area (Å²) in [5, 5.41) is 7.42. The molecule has 1 aromatic heterocycles. The molecular formula is C11H19N3O. The molecule has 0 aliphatic carbocycles. The van der Waals surface area contributed by atoms with Crippen LogP contribution in [-0.2, 0) is 6.54 Å². The van der Waals surface area contributed by atoms with Crippen molar-refractivity contribution < 1.29 is 4.52 Å². The molecule has 2 atom stereocenters. The fraction of sp³-hybridized carbons (Fsp3) is 0.727. The molecule has 0 spiro atoms. The SMILES string of the molecule is Cc1cc(CN2CC(C)NC(C)C2)on1. The van der Waals surface area contributed by atoms with E-state index in [1.54, 1.807) is 0 Å². The summed E-state index contributed by atoms with van der Waals surface area (Å²) in [6, 6.07) is 3.12. The van der Waals surface area contributed by atoms with Gasteiger partial charge >= 0.3 is 0 Å². The maximum Gasteiger partial charge on any atom is 0.150 e. The molecular weight excluding hydrogens is 190 g/mol. The summed E-state index contributed by atoms with van der Waals surface area (Å²) in [7, 11) is 0. The minimum atomic E-state index is 0.553. The van der Waals surface area contributed by atoms with Gasteiger partial charge in [0.05, 0.1) is 12.2 Å². The van der Waals surface area contributed by atoms with E-state index in [4.69, 9.17) is 4.52 Å². The van der Waals surface area contributed by atoms with E-state index in [2.05, 4.69) is 29.2 Å². The second-order valence-corrected chi connectivity index (χ2v) is 4.60. The molecule has 1 N–H and O–H groups in total. The van der Waals surface area contributed by atoms with E-state index in [0.717, 1.165) is 31.1 Å². The van der Waals surface area contributed by atoms with Crippen molar-refractivity contribution >= 4 is 0 Å². The molecule has 0 radical (unpaired) electrons. The van der Waals surface area contributed by atoms with Gasteiger partial charge in [-0.2, -0.15) is 0 Å². The second-order valence-electron chi connectivity index (χ2n) is 4.60. The maximum atomic E-state index is 5.23. The van der Waals surface area contributed by atoms with Gasteiger partial charge in [-0.3, -0.25) is 4.90 Å². The predicted octanol–water partition coefficient (Wildman–Crippen LogP) is 1.17. The van der Waals surface area contributed by atoms with Crippen LogP contribution in [0.5, 0.6) is 0 Å². The fourth-order valence-electron chi connectivity index (χ4n) is 2.28. The molecule has 15 heavy (non-hydrogen) atoms. The first-order valence-corrected chi connectivity index (χ1v) is 5.54. The maximum absolute atomic E-state index is 5.23. The molecule has 1 aliphatic heterocycles. The molecule has 4 nitrogen and oxygen atoms in total. The van der Waals surface area contributed by atoms with Crippen molar-refractivity contribution in [3.8, 4) is 0 Å². The Morgan fingerprint density at radius 1 is 1.47 bits per heavy atom. The minimum absolute atomic E-state index is 0.553. The first kappa shape index (κ1) is 10.6. The fourth-order valence-corrected chi connectivity index (χ4v) is 2.28. The predicted molar refractivity (Wildman–Crippen MR) is 58.6 cm³/mol. The Morgan fingerprint density at radius 3 is 2.67 bits per heavy atom.